The molecule has 0 saturated carbocycles. The molecule has 0 spiro atoms. The first-order valence-electron chi connectivity index (χ1n) is 3.06. The lowest BCUT2D eigenvalue weighted by Gasteiger charge is -1.84. The second-order valence-corrected chi connectivity index (χ2v) is 4.92. The first-order valence-corrected chi connectivity index (χ1v) is 5.90. The molecular weight excluding hydrogens is 290 g/mol. The van der Waals surface area contributed by atoms with Gasteiger partial charge in [0.1, 0.15) is 6.07 Å². The van der Waals surface area contributed by atoms with Crippen molar-refractivity contribution >= 4 is 45.2 Å². The highest BCUT2D eigenvalue weighted by atomic mass is 35.5. The standard InChI is InChI=1S/C5H3Cl2N2S.FHO3S/c1-9-4(6)3(2-8)5(7)10-9;1-5(2,3)4/h1H3;(H,2,3,4)/q+1;/p-1. The molecular formula is C5H3Cl2FN2O3S2. The fourth-order valence-corrected chi connectivity index (χ4v) is 1.97. The Bertz CT molecular complexity index is 485. The Morgan fingerprint density at radius 1 is 1.60 bits per heavy atom. The maximum Gasteiger partial charge on any atom is 0.308 e. The number of hydrogen-bond acceptors (Lipinski definition) is 5. The van der Waals surface area contributed by atoms with E-state index in [4.69, 9.17) is 41.4 Å². The Morgan fingerprint density at radius 3 is 2.13 bits per heavy atom. The lowest BCUT2D eigenvalue weighted by atomic mass is 10.4. The zero-order chi connectivity index (χ0) is 12.2. The number of rotatable bonds is 0. The number of aromatic nitrogens is 1. The minimum atomic E-state index is -5.42. The van der Waals surface area contributed by atoms with E-state index in [9.17, 15) is 3.89 Å². The Kier molecular flexibility index (Phi) is 5.41. The van der Waals surface area contributed by atoms with Crippen molar-refractivity contribution in [2.45, 2.75) is 0 Å². The van der Waals surface area contributed by atoms with Gasteiger partial charge in [0.2, 0.25) is 0 Å². The third kappa shape index (κ3) is 5.86. The van der Waals surface area contributed by atoms with E-state index in [1.807, 2.05) is 6.07 Å². The fraction of sp³-hybridized carbons (Fsp3) is 0.200. The summed E-state index contributed by atoms with van der Waals surface area (Å²) in [5.74, 6) is 0. The number of halogens is 3. The lowest BCUT2D eigenvalue weighted by molar-refractivity contribution is -0.598. The Morgan fingerprint density at radius 2 is 2.00 bits per heavy atom. The first-order chi connectivity index (χ1) is 6.66. The van der Waals surface area contributed by atoms with Gasteiger partial charge in [-0.25, -0.2) is 8.42 Å². The van der Waals surface area contributed by atoms with Gasteiger partial charge in [-0.2, -0.15) is 5.26 Å². The summed E-state index contributed by atoms with van der Waals surface area (Å²) in [5, 5.41) is 8.89. The van der Waals surface area contributed by atoms with Gasteiger partial charge in [0.25, 0.3) is 10.5 Å². The van der Waals surface area contributed by atoms with Gasteiger partial charge in [0.05, 0.1) is 0 Å². The Balaban J connectivity index is 0.000000336. The minimum absolute atomic E-state index is 0.357. The SMILES string of the molecule is C[n+]1sc(Cl)c(C#N)c1Cl.O=S(=O)([O-])F. The molecule has 1 aromatic rings. The van der Waals surface area contributed by atoms with Crippen molar-refractivity contribution in [2.24, 2.45) is 7.05 Å². The van der Waals surface area contributed by atoms with Crippen molar-refractivity contribution in [3.05, 3.63) is 15.1 Å². The molecule has 0 aliphatic carbocycles. The molecule has 0 N–H and O–H groups in total. The summed E-state index contributed by atoms with van der Waals surface area (Å²) in [5.41, 5.74) is 0.357. The molecule has 1 aromatic heterocycles. The molecule has 0 aliphatic rings. The largest absolute Gasteiger partial charge is 0.722 e. The highest BCUT2D eigenvalue weighted by Gasteiger charge is 2.20. The van der Waals surface area contributed by atoms with Crippen LogP contribution in [0.4, 0.5) is 3.89 Å². The van der Waals surface area contributed by atoms with Gasteiger partial charge in [-0.1, -0.05) is 11.6 Å². The molecule has 84 valence electrons. The van der Waals surface area contributed by atoms with Gasteiger partial charge in [-0.05, 0) is 11.6 Å². The van der Waals surface area contributed by atoms with Gasteiger partial charge < -0.3 is 4.55 Å². The molecule has 0 radical (unpaired) electrons. The average molecular weight is 293 g/mol. The van der Waals surface area contributed by atoms with Crippen molar-refractivity contribution < 1.29 is 20.8 Å². The molecule has 0 bridgehead atoms. The van der Waals surface area contributed by atoms with Gasteiger partial charge in [0.15, 0.2) is 28.5 Å². The summed E-state index contributed by atoms with van der Waals surface area (Å²) >= 11 is 12.6. The zero-order valence-electron chi connectivity index (χ0n) is 7.07. The molecule has 15 heavy (non-hydrogen) atoms. The van der Waals surface area contributed by atoms with Gasteiger partial charge in [0, 0.05) is 0 Å². The molecule has 0 aromatic carbocycles. The maximum atomic E-state index is 10.1. The van der Waals surface area contributed by atoms with E-state index >= 15 is 0 Å². The molecule has 1 heterocycles. The first kappa shape index (κ1) is 14.5. The number of hydrogen-bond donors (Lipinski definition) is 0. The summed E-state index contributed by atoms with van der Waals surface area (Å²) in [4.78, 5) is 0. The van der Waals surface area contributed by atoms with Crippen LogP contribution in [0.2, 0.25) is 9.49 Å². The van der Waals surface area contributed by atoms with Gasteiger partial charge in [-0.3, -0.25) is 0 Å². The second-order valence-electron chi connectivity index (χ2n) is 2.03. The summed E-state index contributed by atoms with van der Waals surface area (Å²) in [7, 11) is -3.67. The summed E-state index contributed by atoms with van der Waals surface area (Å²) < 4.78 is 37.4. The van der Waals surface area contributed by atoms with Crippen LogP contribution in [0.1, 0.15) is 5.56 Å². The summed E-state index contributed by atoms with van der Waals surface area (Å²) in [6.07, 6.45) is 0. The van der Waals surface area contributed by atoms with E-state index in [1.54, 1.807) is 11.0 Å². The van der Waals surface area contributed by atoms with E-state index in [1.165, 1.54) is 11.5 Å². The zero-order valence-corrected chi connectivity index (χ0v) is 10.2. The topological polar surface area (TPSA) is 84.9 Å². The van der Waals surface area contributed by atoms with E-state index in [2.05, 4.69) is 0 Å². The van der Waals surface area contributed by atoms with Crippen LogP contribution < -0.4 is 3.96 Å². The summed E-state index contributed by atoms with van der Waals surface area (Å²) in [6.45, 7) is 0. The van der Waals surface area contributed by atoms with E-state index in [0.717, 1.165) is 0 Å². The maximum absolute atomic E-state index is 10.1. The number of nitrogens with zero attached hydrogens (tertiary/aromatic N) is 2. The van der Waals surface area contributed by atoms with E-state index < -0.39 is 10.5 Å². The third-order valence-electron chi connectivity index (χ3n) is 1.01. The Labute approximate surface area is 99.5 Å². The van der Waals surface area contributed by atoms with Crippen LogP contribution in [0, 0.1) is 11.3 Å². The van der Waals surface area contributed by atoms with Crippen LogP contribution >= 0.6 is 34.7 Å². The summed E-state index contributed by atoms with van der Waals surface area (Å²) in [6, 6.07) is 1.91. The molecule has 0 aliphatic heterocycles. The van der Waals surface area contributed by atoms with E-state index in [0.29, 0.717) is 15.1 Å². The highest BCUT2D eigenvalue weighted by Crippen LogP contribution is 2.24. The predicted octanol–water partition coefficient (Wildman–Crippen LogP) is 1.17. The fourth-order valence-electron chi connectivity index (χ4n) is 0.535. The van der Waals surface area contributed by atoms with Crippen LogP contribution in [0.25, 0.3) is 0 Å². The van der Waals surface area contributed by atoms with Crippen LogP contribution in [-0.4, -0.2) is 13.0 Å². The van der Waals surface area contributed by atoms with Crippen LogP contribution in [0.3, 0.4) is 0 Å². The number of nitriles is 1. The van der Waals surface area contributed by atoms with Crippen molar-refractivity contribution in [1.82, 2.24) is 0 Å². The molecule has 1 rings (SSSR count). The van der Waals surface area contributed by atoms with Crippen molar-refractivity contribution in [3.8, 4) is 6.07 Å². The third-order valence-corrected chi connectivity index (χ3v) is 2.77. The molecule has 0 unspecified atom stereocenters. The van der Waals surface area contributed by atoms with Crippen LogP contribution in [-0.2, 0) is 17.6 Å². The second kappa shape index (κ2) is 5.58. The lowest BCUT2D eigenvalue weighted by Crippen LogP contribution is -2.22. The normalized spacial score (nSPS) is 10.1. The van der Waals surface area contributed by atoms with Crippen molar-refractivity contribution in [3.63, 3.8) is 0 Å². The molecule has 5 nitrogen and oxygen atoms in total. The monoisotopic (exact) mass is 292 g/mol. The van der Waals surface area contributed by atoms with E-state index in [-0.39, 0.29) is 0 Å². The van der Waals surface area contributed by atoms with Gasteiger partial charge in [-0.15, -0.1) is 7.84 Å². The highest BCUT2D eigenvalue weighted by molar-refractivity contribution is 7.80. The van der Waals surface area contributed by atoms with Gasteiger partial charge >= 0.3 is 5.15 Å². The van der Waals surface area contributed by atoms with Crippen molar-refractivity contribution in [1.29, 1.82) is 5.26 Å². The van der Waals surface area contributed by atoms with Crippen LogP contribution in [0.5, 0.6) is 0 Å². The molecule has 0 saturated heterocycles. The number of aryl methyl sites for hydroxylation is 1. The molecule has 0 amide bonds. The van der Waals surface area contributed by atoms with Crippen molar-refractivity contribution in [2.75, 3.05) is 0 Å². The molecule has 10 heteroatoms. The Hall–Kier alpha value is -0.460. The minimum Gasteiger partial charge on any atom is -0.722 e. The quantitative estimate of drug-likeness (QED) is 0.408. The predicted molar refractivity (Wildman–Crippen MR) is 51.0 cm³/mol. The smallest absolute Gasteiger partial charge is 0.308 e. The molecule has 0 atom stereocenters. The average Bonchev–Trinajstić information content (AvgIpc) is 2.23. The molecule has 0 fully saturated rings. The van der Waals surface area contributed by atoms with Crippen LogP contribution in [0.15, 0.2) is 0 Å².